The second-order valence-electron chi connectivity index (χ2n) is 7.18. The van der Waals surface area contributed by atoms with E-state index in [4.69, 9.17) is 0 Å². The third kappa shape index (κ3) is 1.76. The lowest BCUT2D eigenvalue weighted by atomic mass is 9.65. The first kappa shape index (κ1) is 13.0. The van der Waals surface area contributed by atoms with E-state index in [2.05, 4.69) is 4.90 Å². The molecule has 4 aliphatic heterocycles. The smallest absolute Gasteiger partial charge is 0.222 e. The molecule has 4 aliphatic rings. The Bertz CT molecular complexity index is 429. The summed E-state index contributed by atoms with van der Waals surface area (Å²) in [6, 6.07) is 0.379. The second-order valence-corrected chi connectivity index (χ2v) is 7.18. The van der Waals surface area contributed by atoms with Crippen molar-refractivity contribution in [3.63, 3.8) is 0 Å². The highest BCUT2D eigenvalue weighted by atomic mass is 16.3. The number of nitrogens with zero attached hydrogens (tertiary/aromatic N) is 2. The number of carbonyl (C=O) groups is 1. The monoisotopic (exact) mass is 280 g/mol. The van der Waals surface area contributed by atoms with Crippen LogP contribution in [0.15, 0.2) is 0 Å². The van der Waals surface area contributed by atoms with Crippen molar-refractivity contribution in [2.75, 3.05) is 19.6 Å². The first-order valence-electron chi connectivity index (χ1n) is 8.02. The average Bonchev–Trinajstić information content (AvgIpc) is 2.39. The molecule has 4 rings (SSSR count). The zero-order chi connectivity index (χ0) is 13.9. The van der Waals surface area contributed by atoms with Crippen molar-refractivity contribution in [1.82, 2.24) is 9.80 Å². The standard InChI is InChI=1S/C15H24N2O3/c18-10-7-11-12-3-1-4-13(19)17(12)9-15(20)5-2-6-16(8-10)14(11)15/h10-12,14,18,20H,1-9H2/t10-,11-,12-,14-,15-/m1/s1. The molecule has 4 fully saturated rings. The third-order valence-corrected chi connectivity index (χ3v) is 5.94. The largest absolute Gasteiger partial charge is 0.392 e. The van der Waals surface area contributed by atoms with Crippen LogP contribution in [0.4, 0.5) is 0 Å². The summed E-state index contributed by atoms with van der Waals surface area (Å²) < 4.78 is 0. The lowest BCUT2D eigenvalue weighted by Crippen LogP contribution is -2.75. The van der Waals surface area contributed by atoms with Crippen LogP contribution in [0.5, 0.6) is 0 Å². The number of carbonyl (C=O) groups excluding carboxylic acids is 1. The fraction of sp³-hybridized carbons (Fsp3) is 0.933. The van der Waals surface area contributed by atoms with Crippen molar-refractivity contribution in [3.8, 4) is 0 Å². The molecule has 4 heterocycles. The molecule has 0 aliphatic carbocycles. The molecule has 0 radical (unpaired) electrons. The van der Waals surface area contributed by atoms with Gasteiger partial charge in [-0.25, -0.2) is 0 Å². The highest BCUT2D eigenvalue weighted by molar-refractivity contribution is 5.77. The number of hydrogen-bond donors (Lipinski definition) is 2. The van der Waals surface area contributed by atoms with Crippen LogP contribution < -0.4 is 0 Å². The lowest BCUT2D eigenvalue weighted by molar-refractivity contribution is -0.200. The highest BCUT2D eigenvalue weighted by Crippen LogP contribution is 2.46. The van der Waals surface area contributed by atoms with Gasteiger partial charge in [-0.05, 0) is 38.6 Å². The molecular weight excluding hydrogens is 256 g/mol. The van der Waals surface area contributed by atoms with Crippen LogP contribution in [0.2, 0.25) is 0 Å². The van der Waals surface area contributed by atoms with Crippen LogP contribution in [0.3, 0.4) is 0 Å². The fourth-order valence-electron chi connectivity index (χ4n) is 5.31. The first-order chi connectivity index (χ1) is 9.58. The van der Waals surface area contributed by atoms with Crippen LogP contribution in [-0.4, -0.2) is 69.3 Å². The molecule has 0 spiro atoms. The summed E-state index contributed by atoms with van der Waals surface area (Å²) >= 11 is 0. The quantitative estimate of drug-likeness (QED) is 0.653. The predicted molar refractivity (Wildman–Crippen MR) is 73.0 cm³/mol. The Morgan fingerprint density at radius 2 is 2.15 bits per heavy atom. The van der Waals surface area contributed by atoms with Crippen LogP contribution in [0, 0.1) is 5.92 Å². The molecule has 20 heavy (non-hydrogen) atoms. The molecule has 0 aromatic rings. The Morgan fingerprint density at radius 3 is 3.00 bits per heavy atom. The normalized spacial score (nSPS) is 48.7. The van der Waals surface area contributed by atoms with Gasteiger partial charge in [-0.3, -0.25) is 9.69 Å². The van der Waals surface area contributed by atoms with E-state index in [-0.39, 0.29) is 30.0 Å². The molecule has 1 amide bonds. The van der Waals surface area contributed by atoms with E-state index in [0.717, 1.165) is 38.6 Å². The van der Waals surface area contributed by atoms with Gasteiger partial charge in [0.05, 0.1) is 18.2 Å². The van der Waals surface area contributed by atoms with Gasteiger partial charge in [-0.15, -0.1) is 0 Å². The number of hydrogen-bond acceptors (Lipinski definition) is 4. The third-order valence-electron chi connectivity index (χ3n) is 5.94. The molecule has 2 N–H and O–H groups in total. The molecule has 5 atom stereocenters. The number of fused-ring (bicyclic) bond motifs is 2. The summed E-state index contributed by atoms with van der Waals surface area (Å²) in [6.45, 7) is 2.16. The summed E-state index contributed by atoms with van der Waals surface area (Å²) in [4.78, 5) is 16.5. The minimum atomic E-state index is -0.757. The summed E-state index contributed by atoms with van der Waals surface area (Å²) in [6.07, 6.45) is 4.78. The van der Waals surface area contributed by atoms with Crippen molar-refractivity contribution in [3.05, 3.63) is 0 Å². The molecule has 4 saturated heterocycles. The maximum absolute atomic E-state index is 12.2. The average molecular weight is 280 g/mol. The predicted octanol–water partition coefficient (Wildman–Crippen LogP) is -0.0426. The van der Waals surface area contributed by atoms with E-state index >= 15 is 0 Å². The van der Waals surface area contributed by atoms with E-state index in [9.17, 15) is 15.0 Å². The van der Waals surface area contributed by atoms with Crippen LogP contribution in [-0.2, 0) is 4.79 Å². The van der Waals surface area contributed by atoms with Gasteiger partial charge in [0.2, 0.25) is 5.91 Å². The summed E-state index contributed by atoms with van der Waals surface area (Å²) in [5.41, 5.74) is -0.757. The van der Waals surface area contributed by atoms with Gasteiger partial charge in [0.15, 0.2) is 0 Å². The van der Waals surface area contributed by atoms with Crippen LogP contribution >= 0.6 is 0 Å². The highest BCUT2D eigenvalue weighted by Gasteiger charge is 2.58. The first-order valence-corrected chi connectivity index (χ1v) is 8.02. The molecule has 0 aromatic heterocycles. The van der Waals surface area contributed by atoms with Crippen molar-refractivity contribution in [2.24, 2.45) is 5.92 Å². The molecule has 5 nitrogen and oxygen atoms in total. The van der Waals surface area contributed by atoms with Crippen molar-refractivity contribution in [2.45, 2.75) is 62.3 Å². The zero-order valence-electron chi connectivity index (χ0n) is 11.9. The van der Waals surface area contributed by atoms with Crippen LogP contribution in [0.25, 0.3) is 0 Å². The van der Waals surface area contributed by atoms with E-state index in [1.165, 1.54) is 0 Å². The van der Waals surface area contributed by atoms with Gasteiger partial charge in [-0.2, -0.15) is 0 Å². The van der Waals surface area contributed by atoms with Crippen LogP contribution in [0.1, 0.15) is 38.5 Å². The fourth-order valence-corrected chi connectivity index (χ4v) is 5.31. The SMILES string of the molecule is O=C1CCC[C@@H]2[C@H]3C[C@@H](O)CN4CCC[C@@](O)(CN12)[C@@H]34. The van der Waals surface area contributed by atoms with Gasteiger partial charge in [-0.1, -0.05) is 0 Å². The number of amides is 1. The van der Waals surface area contributed by atoms with Gasteiger partial charge in [0, 0.05) is 31.0 Å². The molecule has 0 saturated carbocycles. The maximum Gasteiger partial charge on any atom is 0.222 e. The van der Waals surface area contributed by atoms with Gasteiger partial charge in [0.25, 0.3) is 0 Å². The Labute approximate surface area is 119 Å². The number of piperidine rings is 4. The molecule has 5 heteroatoms. The minimum Gasteiger partial charge on any atom is -0.392 e. The Morgan fingerprint density at radius 1 is 1.30 bits per heavy atom. The van der Waals surface area contributed by atoms with E-state index in [1.807, 2.05) is 4.90 Å². The topological polar surface area (TPSA) is 64.0 Å². The molecule has 112 valence electrons. The molecule has 0 aromatic carbocycles. The Hall–Kier alpha value is -0.650. The second kappa shape index (κ2) is 4.42. The van der Waals surface area contributed by atoms with E-state index in [0.29, 0.717) is 19.5 Å². The molecule has 0 bridgehead atoms. The van der Waals surface area contributed by atoms with Gasteiger partial charge >= 0.3 is 0 Å². The Balaban J connectivity index is 1.72. The maximum atomic E-state index is 12.2. The van der Waals surface area contributed by atoms with Crippen molar-refractivity contribution >= 4 is 5.91 Å². The Kier molecular flexibility index (Phi) is 2.88. The minimum absolute atomic E-state index is 0.145. The van der Waals surface area contributed by atoms with E-state index < -0.39 is 5.60 Å². The van der Waals surface area contributed by atoms with Crippen molar-refractivity contribution in [1.29, 1.82) is 0 Å². The van der Waals surface area contributed by atoms with Gasteiger partial charge in [0.1, 0.15) is 0 Å². The number of aliphatic hydroxyl groups is 2. The van der Waals surface area contributed by atoms with Crippen molar-refractivity contribution < 1.29 is 15.0 Å². The summed E-state index contributed by atoms with van der Waals surface area (Å²) in [7, 11) is 0. The lowest BCUT2D eigenvalue weighted by Gasteiger charge is -2.62. The van der Waals surface area contributed by atoms with E-state index in [1.54, 1.807) is 0 Å². The van der Waals surface area contributed by atoms with Gasteiger partial charge < -0.3 is 15.1 Å². The summed E-state index contributed by atoms with van der Waals surface area (Å²) in [5.74, 6) is 0.437. The molecule has 0 unspecified atom stereocenters. The zero-order valence-corrected chi connectivity index (χ0v) is 11.9. The molecular formula is C15H24N2O3. The number of rotatable bonds is 0. The number of aliphatic hydroxyl groups excluding tert-OH is 1. The summed E-state index contributed by atoms with van der Waals surface area (Å²) in [5, 5.41) is 21.3.